The number of rotatable bonds is 5. The molecule has 1 unspecified atom stereocenters. The largest absolute Gasteiger partial charge is 0.466 e. The first kappa shape index (κ1) is 15.3. The highest BCUT2D eigenvalue weighted by Gasteiger charge is 2.16. The molecular weight excluding hydrogens is 342 g/mol. The molecule has 3 heterocycles. The number of furan rings is 1. The van der Waals surface area contributed by atoms with Crippen LogP contribution in [0.2, 0.25) is 4.34 Å². The number of carbonyl (C=O) groups is 1. The van der Waals surface area contributed by atoms with Crippen LogP contribution < -0.4 is 5.32 Å². The fourth-order valence-electron chi connectivity index (χ4n) is 1.91. The van der Waals surface area contributed by atoms with Gasteiger partial charge in [-0.25, -0.2) is 0 Å². The Morgan fingerprint density at radius 3 is 2.82 bits per heavy atom. The van der Waals surface area contributed by atoms with Gasteiger partial charge in [-0.1, -0.05) is 11.6 Å². The Bertz CT molecular complexity index is 763. The Morgan fingerprint density at radius 2 is 2.14 bits per heavy atom. The van der Waals surface area contributed by atoms with Gasteiger partial charge in [-0.2, -0.15) is 0 Å². The van der Waals surface area contributed by atoms with E-state index in [1.165, 1.54) is 28.9 Å². The highest BCUT2D eigenvalue weighted by molar-refractivity contribution is 7.18. The number of hydrogen-bond donors (Lipinski definition) is 2. The lowest BCUT2D eigenvalue weighted by atomic mass is 10.2. The molecule has 0 aliphatic heterocycles. The van der Waals surface area contributed by atoms with Crippen molar-refractivity contribution in [1.29, 1.82) is 0 Å². The van der Waals surface area contributed by atoms with E-state index in [2.05, 4.69) is 5.32 Å². The number of thiophene rings is 2. The minimum Gasteiger partial charge on any atom is -0.466 e. The van der Waals surface area contributed by atoms with Gasteiger partial charge in [-0.05, 0) is 36.4 Å². The van der Waals surface area contributed by atoms with Crippen molar-refractivity contribution in [1.82, 2.24) is 5.32 Å². The van der Waals surface area contributed by atoms with Gasteiger partial charge >= 0.3 is 0 Å². The molecule has 4 nitrogen and oxygen atoms in total. The topological polar surface area (TPSA) is 62.5 Å². The molecule has 114 valence electrons. The molecule has 0 fully saturated rings. The summed E-state index contributed by atoms with van der Waals surface area (Å²) in [6.45, 7) is 0.407. The van der Waals surface area contributed by atoms with E-state index in [1.54, 1.807) is 24.3 Å². The molecule has 3 rings (SSSR count). The second-order valence-corrected chi connectivity index (χ2v) is 7.42. The zero-order valence-electron chi connectivity index (χ0n) is 11.3. The number of halogens is 1. The molecule has 2 N–H and O–H groups in total. The van der Waals surface area contributed by atoms with Crippen molar-refractivity contribution in [2.75, 3.05) is 0 Å². The van der Waals surface area contributed by atoms with Crippen LogP contribution in [0.3, 0.4) is 0 Å². The van der Waals surface area contributed by atoms with E-state index in [0.717, 1.165) is 9.75 Å². The van der Waals surface area contributed by atoms with E-state index in [0.29, 0.717) is 21.5 Å². The van der Waals surface area contributed by atoms with E-state index in [9.17, 15) is 9.90 Å². The zero-order valence-corrected chi connectivity index (χ0v) is 13.7. The third kappa shape index (κ3) is 3.41. The van der Waals surface area contributed by atoms with Crippen LogP contribution in [0.4, 0.5) is 0 Å². The summed E-state index contributed by atoms with van der Waals surface area (Å²) < 4.78 is 5.78. The molecule has 0 radical (unpaired) electrons. The number of hydrogen-bond acceptors (Lipinski definition) is 5. The van der Waals surface area contributed by atoms with Gasteiger partial charge in [0.05, 0.1) is 22.0 Å². The molecule has 1 atom stereocenters. The van der Waals surface area contributed by atoms with Gasteiger partial charge in [0.25, 0.3) is 5.91 Å². The lowest BCUT2D eigenvalue weighted by Crippen LogP contribution is -2.21. The maximum absolute atomic E-state index is 11.9. The molecule has 0 saturated carbocycles. The highest BCUT2D eigenvalue weighted by atomic mass is 35.5. The predicted molar refractivity (Wildman–Crippen MR) is 87.6 cm³/mol. The number of aliphatic hydroxyl groups excluding tert-OH is 1. The Hall–Kier alpha value is -1.60. The van der Waals surface area contributed by atoms with Crippen molar-refractivity contribution in [2.45, 2.75) is 12.6 Å². The summed E-state index contributed by atoms with van der Waals surface area (Å²) >= 11 is 8.49. The van der Waals surface area contributed by atoms with Crippen molar-refractivity contribution in [2.24, 2.45) is 0 Å². The Balaban J connectivity index is 1.61. The Morgan fingerprint density at radius 1 is 1.27 bits per heavy atom. The Labute approximate surface area is 140 Å². The van der Waals surface area contributed by atoms with Gasteiger partial charge in [0.2, 0.25) is 0 Å². The molecule has 1 amide bonds. The van der Waals surface area contributed by atoms with E-state index < -0.39 is 6.10 Å². The molecule has 22 heavy (non-hydrogen) atoms. The van der Waals surface area contributed by atoms with Crippen molar-refractivity contribution < 1.29 is 14.3 Å². The summed E-state index contributed by atoms with van der Waals surface area (Å²) in [6.07, 6.45) is 0.750. The smallest absolute Gasteiger partial charge is 0.261 e. The number of nitrogens with one attached hydrogen (secondary N) is 1. The van der Waals surface area contributed by atoms with E-state index in [1.807, 2.05) is 12.1 Å². The minimum atomic E-state index is -0.777. The van der Waals surface area contributed by atoms with Crippen LogP contribution in [0, 0.1) is 0 Å². The van der Waals surface area contributed by atoms with Crippen molar-refractivity contribution in [3.63, 3.8) is 0 Å². The number of amides is 1. The highest BCUT2D eigenvalue weighted by Crippen LogP contribution is 2.29. The van der Waals surface area contributed by atoms with Crippen molar-refractivity contribution >= 4 is 40.2 Å². The van der Waals surface area contributed by atoms with Crippen LogP contribution in [0.1, 0.15) is 31.3 Å². The Kier molecular flexibility index (Phi) is 4.63. The average Bonchev–Trinajstić information content (AvgIpc) is 3.25. The average molecular weight is 354 g/mol. The molecule has 3 aromatic heterocycles. The van der Waals surface area contributed by atoms with Gasteiger partial charge in [-0.3, -0.25) is 4.79 Å². The van der Waals surface area contributed by atoms with Crippen LogP contribution >= 0.6 is 34.3 Å². The van der Waals surface area contributed by atoms with Crippen LogP contribution in [-0.2, 0) is 6.54 Å². The molecule has 0 aromatic carbocycles. The molecule has 0 aliphatic carbocycles. The van der Waals surface area contributed by atoms with Gasteiger partial charge in [0.1, 0.15) is 11.9 Å². The molecule has 0 spiro atoms. The summed E-state index contributed by atoms with van der Waals surface area (Å²) in [5.41, 5.74) is 0. The fourth-order valence-corrected chi connectivity index (χ4v) is 3.82. The monoisotopic (exact) mass is 353 g/mol. The van der Waals surface area contributed by atoms with E-state index in [-0.39, 0.29) is 5.91 Å². The molecule has 3 aromatic rings. The van der Waals surface area contributed by atoms with Crippen molar-refractivity contribution in [3.8, 4) is 0 Å². The summed E-state index contributed by atoms with van der Waals surface area (Å²) in [5, 5.41) is 13.0. The third-order valence-corrected chi connectivity index (χ3v) is 5.35. The summed E-state index contributed by atoms with van der Waals surface area (Å²) in [5.74, 6) is 0.351. The van der Waals surface area contributed by atoms with Crippen LogP contribution in [-0.4, -0.2) is 11.0 Å². The first-order valence-corrected chi connectivity index (χ1v) is 8.48. The summed E-state index contributed by atoms with van der Waals surface area (Å²) in [7, 11) is 0. The predicted octanol–water partition coefficient (Wildman–Crippen LogP) is 4.07. The maximum atomic E-state index is 11.9. The van der Waals surface area contributed by atoms with Crippen molar-refractivity contribution in [3.05, 3.63) is 67.4 Å². The molecule has 0 aliphatic rings. The second kappa shape index (κ2) is 6.66. The first-order chi connectivity index (χ1) is 10.6. The first-order valence-electron chi connectivity index (χ1n) is 6.47. The standard InChI is InChI=1S/C15H12ClNO3S2/c16-13-6-5-12(22-13)15(19)17-8-9-3-4-11(21-9)14(18)10-2-1-7-20-10/h1-7,14,18H,8H2,(H,17,19). The fraction of sp³-hybridized carbons (Fsp3) is 0.133. The van der Waals surface area contributed by atoms with E-state index in [4.69, 9.17) is 16.0 Å². The van der Waals surface area contributed by atoms with Gasteiger partial charge < -0.3 is 14.8 Å². The van der Waals surface area contributed by atoms with Gasteiger partial charge in [-0.15, -0.1) is 22.7 Å². The number of aliphatic hydroxyl groups is 1. The number of carbonyl (C=O) groups excluding carboxylic acids is 1. The quantitative estimate of drug-likeness (QED) is 0.726. The van der Waals surface area contributed by atoms with Crippen LogP contribution in [0.5, 0.6) is 0 Å². The van der Waals surface area contributed by atoms with E-state index >= 15 is 0 Å². The lowest BCUT2D eigenvalue weighted by Gasteiger charge is -2.04. The van der Waals surface area contributed by atoms with Crippen LogP contribution in [0.25, 0.3) is 0 Å². The van der Waals surface area contributed by atoms with Gasteiger partial charge in [0, 0.05) is 9.75 Å². The SMILES string of the molecule is O=C(NCc1ccc(C(O)c2ccco2)s1)c1ccc(Cl)s1. The zero-order chi connectivity index (χ0) is 15.5. The second-order valence-electron chi connectivity index (χ2n) is 4.51. The summed E-state index contributed by atoms with van der Waals surface area (Å²) in [6, 6.07) is 10.6. The molecule has 7 heteroatoms. The molecule has 0 bridgehead atoms. The summed E-state index contributed by atoms with van der Waals surface area (Å²) in [4.78, 5) is 14.3. The third-order valence-electron chi connectivity index (χ3n) is 2.98. The molecular formula is C15H12ClNO3S2. The van der Waals surface area contributed by atoms with Gasteiger partial charge in [0.15, 0.2) is 0 Å². The normalized spacial score (nSPS) is 12.3. The maximum Gasteiger partial charge on any atom is 0.261 e. The minimum absolute atomic E-state index is 0.154. The molecule has 0 saturated heterocycles. The van der Waals surface area contributed by atoms with Crippen LogP contribution in [0.15, 0.2) is 47.1 Å². The lowest BCUT2D eigenvalue weighted by molar-refractivity contribution is 0.0955.